The number of ether oxygens (including phenoxy) is 1. The van der Waals surface area contributed by atoms with Crippen LogP contribution in [0.1, 0.15) is 45.1 Å². The third kappa shape index (κ3) is 4.81. The van der Waals surface area contributed by atoms with E-state index in [1.807, 2.05) is 32.0 Å². The fourth-order valence-electron chi connectivity index (χ4n) is 3.01. The van der Waals surface area contributed by atoms with Crippen molar-refractivity contribution in [3.63, 3.8) is 0 Å². The zero-order chi connectivity index (χ0) is 18.4. The lowest BCUT2D eigenvalue weighted by molar-refractivity contribution is -0.152. The molecule has 2 rings (SSSR count). The minimum atomic E-state index is -0.636. The molecule has 0 spiro atoms. The number of benzene rings is 1. The Labute approximate surface area is 148 Å². The van der Waals surface area contributed by atoms with Gasteiger partial charge in [0.2, 0.25) is 0 Å². The maximum Gasteiger partial charge on any atom is 0.313 e. The van der Waals surface area contributed by atoms with Gasteiger partial charge in [-0.3, -0.25) is 14.4 Å². The Morgan fingerprint density at radius 1 is 1.20 bits per heavy atom. The largest absolute Gasteiger partial charge is 0.466 e. The fraction of sp³-hybridized carbons (Fsp3) is 0.526. The van der Waals surface area contributed by atoms with Crippen molar-refractivity contribution >= 4 is 23.5 Å². The highest BCUT2D eigenvalue weighted by molar-refractivity contribution is 6.39. The summed E-state index contributed by atoms with van der Waals surface area (Å²) in [6.45, 7) is 6.98. The van der Waals surface area contributed by atoms with E-state index in [4.69, 9.17) is 4.74 Å². The Bertz CT molecular complexity index is 634. The lowest BCUT2D eigenvalue weighted by Gasteiger charge is -2.30. The predicted molar refractivity (Wildman–Crippen MR) is 95.1 cm³/mol. The minimum absolute atomic E-state index is 0.186. The van der Waals surface area contributed by atoms with Crippen LogP contribution < -0.4 is 5.32 Å². The lowest BCUT2D eigenvalue weighted by atomic mass is 9.97. The first-order chi connectivity index (χ1) is 11.9. The number of likely N-dealkylation sites (tertiary alicyclic amines) is 1. The van der Waals surface area contributed by atoms with Crippen molar-refractivity contribution in [1.29, 1.82) is 0 Å². The van der Waals surface area contributed by atoms with Gasteiger partial charge in [0.05, 0.1) is 12.5 Å². The molecule has 1 aromatic rings. The normalized spacial score (nSPS) is 15.1. The van der Waals surface area contributed by atoms with Gasteiger partial charge in [0.15, 0.2) is 0 Å². The number of nitrogens with zero attached hydrogens (tertiary/aromatic N) is 1. The highest BCUT2D eigenvalue weighted by Crippen LogP contribution is 2.24. The standard InChI is InChI=1S/C19H26N2O4/c1-4-25-19(24)14-9-11-21(12-10-14)18(23)17(22)20-16-8-6-5-7-15(16)13(2)3/h5-8,13-14H,4,9-12H2,1-3H3,(H,20,22). The van der Waals surface area contributed by atoms with Crippen molar-refractivity contribution in [2.45, 2.75) is 39.5 Å². The van der Waals surface area contributed by atoms with Crippen molar-refractivity contribution in [2.24, 2.45) is 5.92 Å². The molecule has 1 aliphatic heterocycles. The zero-order valence-electron chi connectivity index (χ0n) is 15.1. The van der Waals surface area contributed by atoms with Gasteiger partial charge in [0, 0.05) is 18.8 Å². The van der Waals surface area contributed by atoms with Gasteiger partial charge in [0.25, 0.3) is 0 Å². The van der Waals surface area contributed by atoms with Crippen molar-refractivity contribution in [3.05, 3.63) is 29.8 Å². The van der Waals surface area contributed by atoms with Gasteiger partial charge in [-0.2, -0.15) is 0 Å². The molecule has 1 aliphatic rings. The summed E-state index contributed by atoms with van der Waals surface area (Å²) in [7, 11) is 0. The monoisotopic (exact) mass is 346 g/mol. The first kappa shape index (κ1) is 19.0. The second kappa shape index (κ2) is 8.65. The van der Waals surface area contributed by atoms with Crippen molar-refractivity contribution < 1.29 is 19.1 Å². The number of esters is 1. The number of hydrogen-bond donors (Lipinski definition) is 1. The van der Waals surface area contributed by atoms with Crippen LogP contribution in [0, 0.1) is 5.92 Å². The molecule has 6 nitrogen and oxygen atoms in total. The van der Waals surface area contributed by atoms with Crippen LogP contribution in [-0.4, -0.2) is 42.4 Å². The number of nitrogens with one attached hydrogen (secondary N) is 1. The van der Waals surface area contributed by atoms with Crippen LogP contribution >= 0.6 is 0 Å². The summed E-state index contributed by atoms with van der Waals surface area (Å²) in [5, 5.41) is 2.72. The van der Waals surface area contributed by atoms with Gasteiger partial charge >= 0.3 is 17.8 Å². The molecule has 0 unspecified atom stereocenters. The molecule has 1 N–H and O–H groups in total. The van der Waals surface area contributed by atoms with E-state index in [2.05, 4.69) is 5.32 Å². The molecule has 1 saturated heterocycles. The van der Waals surface area contributed by atoms with Crippen LogP contribution in [0.5, 0.6) is 0 Å². The zero-order valence-corrected chi connectivity index (χ0v) is 15.1. The van der Waals surface area contributed by atoms with E-state index in [9.17, 15) is 14.4 Å². The van der Waals surface area contributed by atoms with Crippen LogP contribution in [0.2, 0.25) is 0 Å². The molecule has 25 heavy (non-hydrogen) atoms. The molecule has 0 atom stereocenters. The van der Waals surface area contributed by atoms with Gasteiger partial charge in [0.1, 0.15) is 0 Å². The van der Waals surface area contributed by atoms with Gasteiger partial charge < -0.3 is 15.0 Å². The third-order valence-corrected chi connectivity index (χ3v) is 4.43. The number of para-hydroxylation sites is 1. The number of anilines is 1. The fourth-order valence-corrected chi connectivity index (χ4v) is 3.01. The molecular weight excluding hydrogens is 320 g/mol. The number of carbonyl (C=O) groups is 3. The quantitative estimate of drug-likeness (QED) is 0.671. The molecule has 0 radical (unpaired) electrons. The number of hydrogen-bond acceptors (Lipinski definition) is 4. The third-order valence-electron chi connectivity index (χ3n) is 4.43. The summed E-state index contributed by atoms with van der Waals surface area (Å²) in [6, 6.07) is 7.48. The molecule has 136 valence electrons. The van der Waals surface area contributed by atoms with E-state index < -0.39 is 11.8 Å². The summed E-state index contributed by atoms with van der Waals surface area (Å²) in [5.41, 5.74) is 1.65. The molecule has 1 fully saturated rings. The first-order valence-corrected chi connectivity index (χ1v) is 8.79. The number of amides is 2. The van der Waals surface area contributed by atoms with Crippen LogP contribution in [0.15, 0.2) is 24.3 Å². The highest BCUT2D eigenvalue weighted by atomic mass is 16.5. The van der Waals surface area contributed by atoms with E-state index in [1.165, 1.54) is 4.90 Å². The lowest BCUT2D eigenvalue weighted by Crippen LogP contribution is -2.45. The molecule has 0 bridgehead atoms. The molecule has 0 saturated carbocycles. The number of piperidine rings is 1. The molecule has 0 aliphatic carbocycles. The summed E-state index contributed by atoms with van der Waals surface area (Å²) >= 11 is 0. The summed E-state index contributed by atoms with van der Waals surface area (Å²) in [5.74, 6) is -1.35. The minimum Gasteiger partial charge on any atom is -0.466 e. The van der Waals surface area contributed by atoms with Crippen molar-refractivity contribution in [2.75, 3.05) is 25.0 Å². The number of rotatable bonds is 4. The van der Waals surface area contributed by atoms with E-state index >= 15 is 0 Å². The Morgan fingerprint density at radius 3 is 2.44 bits per heavy atom. The van der Waals surface area contributed by atoms with Crippen LogP contribution in [0.4, 0.5) is 5.69 Å². The second-order valence-electron chi connectivity index (χ2n) is 6.51. The Balaban J connectivity index is 1.94. The molecule has 2 amide bonds. The maximum atomic E-state index is 12.4. The average molecular weight is 346 g/mol. The van der Waals surface area contributed by atoms with Crippen LogP contribution in [0.25, 0.3) is 0 Å². The predicted octanol–water partition coefficient (Wildman–Crippen LogP) is 2.55. The molecule has 1 heterocycles. The molecular formula is C19H26N2O4. The van der Waals surface area contributed by atoms with Crippen LogP contribution in [-0.2, 0) is 19.1 Å². The van der Waals surface area contributed by atoms with Gasteiger partial charge in [-0.05, 0) is 37.3 Å². The Kier molecular flexibility index (Phi) is 6.56. The first-order valence-electron chi connectivity index (χ1n) is 8.79. The van der Waals surface area contributed by atoms with Crippen LogP contribution in [0.3, 0.4) is 0 Å². The average Bonchev–Trinajstić information content (AvgIpc) is 2.61. The van der Waals surface area contributed by atoms with E-state index in [0.717, 1.165) is 5.56 Å². The van der Waals surface area contributed by atoms with E-state index in [-0.39, 0.29) is 17.8 Å². The number of carbonyl (C=O) groups excluding carboxylic acids is 3. The van der Waals surface area contributed by atoms with Crippen molar-refractivity contribution in [1.82, 2.24) is 4.90 Å². The molecule has 1 aromatic carbocycles. The van der Waals surface area contributed by atoms with Gasteiger partial charge in [-0.1, -0.05) is 32.0 Å². The second-order valence-corrected chi connectivity index (χ2v) is 6.51. The van der Waals surface area contributed by atoms with Gasteiger partial charge in [-0.15, -0.1) is 0 Å². The highest BCUT2D eigenvalue weighted by Gasteiger charge is 2.31. The summed E-state index contributed by atoms with van der Waals surface area (Å²) < 4.78 is 5.02. The Hall–Kier alpha value is -2.37. The maximum absolute atomic E-state index is 12.4. The van der Waals surface area contributed by atoms with E-state index in [1.54, 1.807) is 13.0 Å². The summed E-state index contributed by atoms with van der Waals surface area (Å²) in [6.07, 6.45) is 1.06. The van der Waals surface area contributed by atoms with Crippen molar-refractivity contribution in [3.8, 4) is 0 Å². The Morgan fingerprint density at radius 2 is 1.84 bits per heavy atom. The molecule has 6 heteroatoms. The summed E-state index contributed by atoms with van der Waals surface area (Å²) in [4.78, 5) is 37.9. The SMILES string of the molecule is CCOC(=O)C1CCN(C(=O)C(=O)Nc2ccccc2C(C)C)CC1. The topological polar surface area (TPSA) is 75.7 Å². The molecule has 0 aromatic heterocycles. The van der Waals surface area contributed by atoms with E-state index in [0.29, 0.717) is 38.2 Å². The smallest absolute Gasteiger partial charge is 0.313 e. The van der Waals surface area contributed by atoms with Gasteiger partial charge in [-0.25, -0.2) is 0 Å².